The van der Waals surface area contributed by atoms with Gasteiger partial charge in [0, 0.05) is 22.0 Å². The molecule has 0 unspecified atom stereocenters. The molecule has 0 spiro atoms. The van der Waals surface area contributed by atoms with E-state index in [9.17, 15) is 0 Å². The number of rotatable bonds is 3. The monoisotopic (exact) mass is 327 g/mol. The van der Waals surface area contributed by atoms with Gasteiger partial charge in [-0.05, 0) is 43.2 Å². The second kappa shape index (κ2) is 6.21. The molecule has 0 N–H and O–H groups in total. The molecule has 0 amide bonds. The van der Waals surface area contributed by atoms with E-state index in [4.69, 9.17) is 9.41 Å². The Labute approximate surface area is 147 Å². The number of aliphatic imine (C=N–C) groups is 1. The van der Waals surface area contributed by atoms with Gasteiger partial charge in [0.05, 0.1) is 5.71 Å². The summed E-state index contributed by atoms with van der Waals surface area (Å²) in [5.74, 6) is 0. The minimum Gasteiger partial charge on any atom is -0.455 e. The van der Waals surface area contributed by atoms with Crippen LogP contribution in [-0.4, -0.2) is 5.71 Å². The van der Waals surface area contributed by atoms with Gasteiger partial charge in [-0.15, -0.1) is 0 Å². The molecule has 1 heterocycles. The van der Waals surface area contributed by atoms with Crippen LogP contribution in [0, 0.1) is 0 Å². The minimum absolute atomic E-state index is 0.863. The van der Waals surface area contributed by atoms with Crippen molar-refractivity contribution >= 4 is 38.4 Å². The van der Waals surface area contributed by atoms with E-state index in [1.165, 1.54) is 16.2 Å². The van der Waals surface area contributed by atoms with Gasteiger partial charge in [0.25, 0.3) is 0 Å². The molecule has 4 aromatic rings. The maximum Gasteiger partial charge on any atom is 0.144 e. The van der Waals surface area contributed by atoms with Crippen molar-refractivity contribution in [1.82, 2.24) is 0 Å². The van der Waals surface area contributed by atoms with Gasteiger partial charge in [-0.1, -0.05) is 55.5 Å². The first-order valence-corrected chi connectivity index (χ1v) is 8.76. The van der Waals surface area contributed by atoms with Gasteiger partial charge in [-0.25, -0.2) is 0 Å². The van der Waals surface area contributed by atoms with E-state index in [0.717, 1.165) is 39.9 Å². The van der Waals surface area contributed by atoms with Crippen molar-refractivity contribution in [2.45, 2.75) is 27.2 Å². The fourth-order valence-electron chi connectivity index (χ4n) is 3.40. The van der Waals surface area contributed by atoms with E-state index in [0.29, 0.717) is 0 Å². The third-order valence-electron chi connectivity index (χ3n) is 4.76. The van der Waals surface area contributed by atoms with Crippen LogP contribution in [0.1, 0.15) is 32.8 Å². The molecule has 1 aromatic heterocycles. The van der Waals surface area contributed by atoms with E-state index in [-0.39, 0.29) is 0 Å². The average Bonchev–Trinajstić information content (AvgIpc) is 3.05. The summed E-state index contributed by atoms with van der Waals surface area (Å²) in [5.41, 5.74) is 5.03. The summed E-state index contributed by atoms with van der Waals surface area (Å²) in [4.78, 5) is 4.78. The third kappa shape index (κ3) is 2.54. The first-order chi connectivity index (χ1) is 12.2. The summed E-state index contributed by atoms with van der Waals surface area (Å²) in [6.07, 6.45) is 2.89. The van der Waals surface area contributed by atoms with Gasteiger partial charge in [-0.2, -0.15) is 0 Å². The van der Waals surface area contributed by atoms with Crippen molar-refractivity contribution in [2.24, 2.45) is 4.99 Å². The van der Waals surface area contributed by atoms with Crippen LogP contribution in [0.3, 0.4) is 0 Å². The number of nitrogens with zero attached hydrogens (tertiary/aromatic N) is 1. The molecule has 4 rings (SSSR count). The number of para-hydroxylation sites is 1. The topological polar surface area (TPSA) is 25.5 Å². The number of hydrogen-bond acceptors (Lipinski definition) is 2. The Balaban J connectivity index is 2.09. The Morgan fingerprint density at radius 3 is 2.60 bits per heavy atom. The summed E-state index contributed by atoms with van der Waals surface area (Å²) >= 11 is 0. The molecule has 0 aliphatic carbocycles. The third-order valence-corrected chi connectivity index (χ3v) is 4.76. The fraction of sp³-hybridized carbons (Fsp3) is 0.174. The first-order valence-electron chi connectivity index (χ1n) is 8.76. The maximum atomic E-state index is 6.29. The second-order valence-electron chi connectivity index (χ2n) is 6.29. The van der Waals surface area contributed by atoms with Crippen molar-refractivity contribution in [3.8, 4) is 0 Å². The highest BCUT2D eigenvalue weighted by Crippen LogP contribution is 2.36. The Hall–Kier alpha value is -2.87. The lowest BCUT2D eigenvalue weighted by Crippen LogP contribution is -1.99. The molecule has 0 atom stereocenters. The average molecular weight is 327 g/mol. The van der Waals surface area contributed by atoms with Crippen LogP contribution < -0.4 is 0 Å². The van der Waals surface area contributed by atoms with Gasteiger partial charge < -0.3 is 4.42 Å². The molecule has 0 bridgehead atoms. The Morgan fingerprint density at radius 1 is 1.00 bits per heavy atom. The lowest BCUT2D eigenvalue weighted by molar-refractivity contribution is 0.668. The number of furan rings is 1. The standard InChI is InChI=1S/C23H21NO/c1-4-15(3)24-20(5-2)18-11-8-12-19-22-17-10-7-6-9-16(17)13-14-21(22)25-23(18)19/h4,6-14H,5H2,1-3H3/b15-4-,24-20+. The summed E-state index contributed by atoms with van der Waals surface area (Å²) in [7, 11) is 0. The molecule has 3 aromatic carbocycles. The Bertz CT molecular complexity index is 1140. The summed E-state index contributed by atoms with van der Waals surface area (Å²) in [6.45, 7) is 6.18. The van der Waals surface area contributed by atoms with Gasteiger partial charge in [-0.3, -0.25) is 4.99 Å². The van der Waals surface area contributed by atoms with Crippen LogP contribution in [0.5, 0.6) is 0 Å². The molecule has 25 heavy (non-hydrogen) atoms. The lowest BCUT2D eigenvalue weighted by atomic mass is 10.0. The highest BCUT2D eigenvalue weighted by molar-refractivity contribution is 6.22. The highest BCUT2D eigenvalue weighted by Gasteiger charge is 2.15. The summed E-state index contributed by atoms with van der Waals surface area (Å²) < 4.78 is 6.29. The number of allylic oxidation sites excluding steroid dienone is 2. The quantitative estimate of drug-likeness (QED) is 0.377. The van der Waals surface area contributed by atoms with Crippen molar-refractivity contribution in [1.29, 1.82) is 0 Å². The predicted octanol–water partition coefficient (Wildman–Crippen LogP) is 6.86. The molecular formula is C23H21NO. The van der Waals surface area contributed by atoms with Gasteiger partial charge >= 0.3 is 0 Å². The van der Waals surface area contributed by atoms with Gasteiger partial charge in [0.1, 0.15) is 11.2 Å². The zero-order valence-corrected chi connectivity index (χ0v) is 14.8. The second-order valence-corrected chi connectivity index (χ2v) is 6.29. The van der Waals surface area contributed by atoms with E-state index in [1.54, 1.807) is 0 Å². The molecule has 0 radical (unpaired) electrons. The number of fused-ring (bicyclic) bond motifs is 5. The molecular weight excluding hydrogens is 306 g/mol. The van der Waals surface area contributed by atoms with Crippen LogP contribution in [0.15, 0.2) is 75.8 Å². The molecule has 0 aliphatic rings. The van der Waals surface area contributed by atoms with Crippen LogP contribution >= 0.6 is 0 Å². The normalized spacial score (nSPS) is 13.2. The highest BCUT2D eigenvalue weighted by atomic mass is 16.3. The van der Waals surface area contributed by atoms with Crippen molar-refractivity contribution in [2.75, 3.05) is 0 Å². The molecule has 0 saturated carbocycles. The van der Waals surface area contributed by atoms with Gasteiger partial charge in [0.2, 0.25) is 0 Å². The molecule has 124 valence electrons. The molecule has 0 saturated heterocycles. The van der Waals surface area contributed by atoms with E-state index in [2.05, 4.69) is 61.5 Å². The maximum absolute atomic E-state index is 6.29. The fourth-order valence-corrected chi connectivity index (χ4v) is 3.40. The summed E-state index contributed by atoms with van der Waals surface area (Å²) in [5, 5.41) is 4.81. The van der Waals surface area contributed by atoms with E-state index >= 15 is 0 Å². The lowest BCUT2D eigenvalue weighted by Gasteiger charge is -2.05. The Kier molecular flexibility index (Phi) is 3.89. The zero-order chi connectivity index (χ0) is 17.4. The molecule has 0 aliphatic heterocycles. The van der Waals surface area contributed by atoms with Crippen LogP contribution in [0.4, 0.5) is 0 Å². The van der Waals surface area contributed by atoms with Crippen LogP contribution in [0.2, 0.25) is 0 Å². The number of benzene rings is 3. The molecule has 2 heteroatoms. The van der Waals surface area contributed by atoms with Crippen LogP contribution in [-0.2, 0) is 0 Å². The van der Waals surface area contributed by atoms with E-state index < -0.39 is 0 Å². The zero-order valence-electron chi connectivity index (χ0n) is 14.8. The first kappa shape index (κ1) is 15.6. The SMILES string of the molecule is C/C=C(C)\N=C(/CC)c1cccc2c1oc1ccc3ccccc3c12. The van der Waals surface area contributed by atoms with E-state index in [1.807, 2.05) is 19.9 Å². The van der Waals surface area contributed by atoms with Gasteiger partial charge in [0.15, 0.2) is 0 Å². The van der Waals surface area contributed by atoms with Crippen molar-refractivity contribution in [3.63, 3.8) is 0 Å². The minimum atomic E-state index is 0.863. The molecule has 0 fully saturated rings. The van der Waals surface area contributed by atoms with Crippen molar-refractivity contribution in [3.05, 3.63) is 71.9 Å². The van der Waals surface area contributed by atoms with Crippen molar-refractivity contribution < 1.29 is 4.42 Å². The smallest absolute Gasteiger partial charge is 0.144 e. The largest absolute Gasteiger partial charge is 0.455 e. The predicted molar refractivity (Wildman–Crippen MR) is 107 cm³/mol. The Morgan fingerprint density at radius 2 is 1.80 bits per heavy atom. The molecule has 2 nitrogen and oxygen atoms in total. The van der Waals surface area contributed by atoms with Crippen LogP contribution in [0.25, 0.3) is 32.7 Å². The number of hydrogen-bond donors (Lipinski definition) is 0. The summed E-state index contributed by atoms with van der Waals surface area (Å²) in [6, 6.07) is 19.0.